The Morgan fingerprint density at radius 3 is 1.05 bits per heavy atom. The number of aryl methyl sites for hydroxylation is 2. The molecule has 198 valence electrons. The first-order valence-corrected chi connectivity index (χ1v) is 13.2. The van der Waals surface area contributed by atoms with Crippen molar-refractivity contribution in [3.63, 3.8) is 0 Å². The molecule has 0 unspecified atom stereocenters. The molecule has 0 aliphatic heterocycles. The number of fused-ring (bicyclic) bond motifs is 4. The molecule has 10 heteroatoms. The van der Waals surface area contributed by atoms with Gasteiger partial charge in [0.2, 0.25) is 22.1 Å². The van der Waals surface area contributed by atoms with Crippen LogP contribution in [0.2, 0.25) is 0 Å². The van der Waals surface area contributed by atoms with Gasteiger partial charge in [0.05, 0.1) is 21.5 Å². The van der Waals surface area contributed by atoms with Crippen LogP contribution < -0.4 is 13.9 Å². The van der Waals surface area contributed by atoms with Crippen LogP contribution in [0, 0.1) is 0 Å². The standard InChI is InChI=1S/C28H22N2O.CHF3O3S/c1-29-23-15-7-3-11-19(23)27(20-12-4-8-16-24(20)29)31-28-21-13-5-9-17-25(21)30(2)26-18-10-6-14-22(26)28;2-1(3,4)8(5,6)7/h3-18H,1-2H3;(H,5,6,7)/q+2;/p-1. The molecule has 2 aromatic heterocycles. The van der Waals surface area contributed by atoms with Crippen molar-refractivity contribution in [2.24, 2.45) is 14.1 Å². The predicted molar refractivity (Wildman–Crippen MR) is 141 cm³/mol. The number of nitrogens with zero attached hydrogens (tertiary/aromatic N) is 2. The average Bonchev–Trinajstić information content (AvgIpc) is 2.92. The molecular formula is C29H22F3N2O4S+. The molecule has 0 saturated heterocycles. The summed E-state index contributed by atoms with van der Waals surface area (Å²) in [6.07, 6.45) is 0. The van der Waals surface area contributed by atoms with Crippen molar-refractivity contribution in [1.29, 1.82) is 0 Å². The summed E-state index contributed by atoms with van der Waals surface area (Å²) in [5.74, 6) is 1.79. The monoisotopic (exact) mass is 551 g/mol. The maximum atomic E-state index is 10.7. The third kappa shape index (κ3) is 4.73. The zero-order valence-corrected chi connectivity index (χ0v) is 21.6. The molecular weight excluding hydrogens is 529 g/mol. The van der Waals surface area contributed by atoms with E-state index < -0.39 is 15.6 Å². The largest absolute Gasteiger partial charge is 0.741 e. The van der Waals surface area contributed by atoms with Gasteiger partial charge in [-0.15, -0.1) is 0 Å². The number of aromatic nitrogens is 2. The third-order valence-electron chi connectivity index (χ3n) is 6.53. The van der Waals surface area contributed by atoms with Gasteiger partial charge in [0.25, 0.3) is 0 Å². The molecule has 0 aliphatic carbocycles. The molecule has 6 aromatic rings. The first-order valence-electron chi connectivity index (χ1n) is 11.8. The second kappa shape index (κ2) is 9.79. The fraction of sp³-hybridized carbons (Fsp3) is 0.103. The Labute approximate surface area is 221 Å². The second-order valence-corrected chi connectivity index (χ2v) is 10.2. The van der Waals surface area contributed by atoms with Gasteiger partial charge < -0.3 is 9.29 Å². The number of para-hydroxylation sites is 4. The van der Waals surface area contributed by atoms with E-state index in [-0.39, 0.29) is 0 Å². The number of pyridine rings is 2. The minimum atomic E-state index is -6.09. The van der Waals surface area contributed by atoms with Crippen molar-refractivity contribution in [1.82, 2.24) is 0 Å². The average molecular weight is 552 g/mol. The molecule has 0 radical (unpaired) electrons. The SMILES string of the molecule is C[n+]1c2ccccc2c(Oc2c3ccccc3[n+](C)c3ccccc23)c2ccccc21.O=S(=O)([O-])C(F)(F)F. The van der Waals surface area contributed by atoms with Crippen molar-refractivity contribution < 1.29 is 40.0 Å². The van der Waals surface area contributed by atoms with Gasteiger partial charge in [-0.2, -0.15) is 22.3 Å². The summed E-state index contributed by atoms with van der Waals surface area (Å²) >= 11 is 0. The van der Waals surface area contributed by atoms with Gasteiger partial charge in [0.15, 0.2) is 21.6 Å². The van der Waals surface area contributed by atoms with Crippen LogP contribution in [0.25, 0.3) is 43.6 Å². The van der Waals surface area contributed by atoms with Crippen LogP contribution in [0.5, 0.6) is 11.5 Å². The summed E-state index contributed by atoms with van der Waals surface area (Å²) in [6.45, 7) is 0. The lowest BCUT2D eigenvalue weighted by Crippen LogP contribution is -2.30. The summed E-state index contributed by atoms with van der Waals surface area (Å²) in [4.78, 5) is 0. The quantitative estimate of drug-likeness (QED) is 0.118. The lowest BCUT2D eigenvalue weighted by atomic mass is 10.1. The number of alkyl halides is 3. The smallest absolute Gasteiger partial charge is 0.485 e. The van der Waals surface area contributed by atoms with Crippen LogP contribution in [-0.2, 0) is 24.2 Å². The van der Waals surface area contributed by atoms with E-state index in [0.717, 1.165) is 55.1 Å². The Morgan fingerprint density at radius 1 is 0.590 bits per heavy atom. The van der Waals surface area contributed by atoms with Crippen molar-refractivity contribution in [3.8, 4) is 11.5 Å². The molecule has 0 aliphatic rings. The third-order valence-corrected chi connectivity index (χ3v) is 7.09. The summed E-state index contributed by atoms with van der Waals surface area (Å²) in [7, 11) is -1.86. The van der Waals surface area contributed by atoms with E-state index in [9.17, 15) is 13.2 Å². The minimum absolute atomic E-state index is 0.897. The first-order chi connectivity index (χ1) is 18.5. The van der Waals surface area contributed by atoms with Gasteiger partial charge in [-0.1, -0.05) is 48.5 Å². The highest BCUT2D eigenvalue weighted by molar-refractivity contribution is 7.86. The maximum absolute atomic E-state index is 10.7. The Hall–Kier alpha value is -4.28. The summed E-state index contributed by atoms with van der Waals surface area (Å²) in [6, 6.07) is 33.8. The lowest BCUT2D eigenvalue weighted by Gasteiger charge is -2.14. The molecule has 2 heterocycles. The molecule has 39 heavy (non-hydrogen) atoms. The number of halogens is 3. The summed E-state index contributed by atoms with van der Waals surface area (Å²) in [5, 5.41) is 4.41. The lowest BCUT2D eigenvalue weighted by molar-refractivity contribution is -0.617. The van der Waals surface area contributed by atoms with Crippen LogP contribution in [0.3, 0.4) is 0 Å². The van der Waals surface area contributed by atoms with Gasteiger partial charge in [-0.3, -0.25) is 0 Å². The molecule has 0 atom stereocenters. The molecule has 0 saturated carbocycles. The molecule has 6 rings (SSSR count). The predicted octanol–water partition coefficient (Wildman–Crippen LogP) is 5.79. The van der Waals surface area contributed by atoms with Gasteiger partial charge in [-0.25, -0.2) is 8.42 Å². The van der Waals surface area contributed by atoms with Crippen LogP contribution in [0.4, 0.5) is 13.2 Å². The Balaban J connectivity index is 0.000000339. The Morgan fingerprint density at radius 2 is 0.821 bits per heavy atom. The highest BCUT2D eigenvalue weighted by atomic mass is 32.2. The Kier molecular flexibility index (Phi) is 6.61. The van der Waals surface area contributed by atoms with Crippen LogP contribution in [-0.4, -0.2) is 18.5 Å². The van der Waals surface area contributed by atoms with Crippen molar-refractivity contribution >= 4 is 53.7 Å². The van der Waals surface area contributed by atoms with E-state index in [0.29, 0.717) is 0 Å². The van der Waals surface area contributed by atoms with E-state index in [1.165, 1.54) is 0 Å². The number of ether oxygens (including phenoxy) is 1. The number of rotatable bonds is 2. The van der Waals surface area contributed by atoms with Gasteiger partial charge in [0, 0.05) is 24.3 Å². The number of benzene rings is 4. The molecule has 0 bridgehead atoms. The molecule has 0 fully saturated rings. The zero-order valence-electron chi connectivity index (χ0n) is 20.8. The second-order valence-electron chi connectivity index (χ2n) is 8.85. The van der Waals surface area contributed by atoms with E-state index >= 15 is 0 Å². The summed E-state index contributed by atoms with van der Waals surface area (Å²) in [5.41, 5.74) is -1.07. The molecule has 0 amide bonds. The number of hydrogen-bond donors (Lipinski definition) is 0. The van der Waals surface area contributed by atoms with Crippen molar-refractivity contribution in [2.75, 3.05) is 0 Å². The Bertz CT molecular complexity index is 1750. The fourth-order valence-electron chi connectivity index (χ4n) is 4.70. The highest BCUT2D eigenvalue weighted by Crippen LogP contribution is 2.40. The van der Waals surface area contributed by atoms with E-state index in [2.05, 4.69) is 120 Å². The van der Waals surface area contributed by atoms with Gasteiger partial charge >= 0.3 is 5.51 Å². The van der Waals surface area contributed by atoms with Crippen LogP contribution >= 0.6 is 0 Å². The van der Waals surface area contributed by atoms with Crippen molar-refractivity contribution in [2.45, 2.75) is 5.51 Å². The minimum Gasteiger partial charge on any atom is -0.741 e. The van der Waals surface area contributed by atoms with Gasteiger partial charge in [-0.05, 0) is 24.3 Å². The van der Waals surface area contributed by atoms with E-state index in [1.807, 2.05) is 0 Å². The molecule has 6 nitrogen and oxygen atoms in total. The van der Waals surface area contributed by atoms with E-state index in [4.69, 9.17) is 17.7 Å². The highest BCUT2D eigenvalue weighted by Gasteiger charge is 2.37. The maximum Gasteiger partial charge on any atom is 0.485 e. The molecule has 0 N–H and O–H groups in total. The molecule has 4 aromatic carbocycles. The number of hydrogen-bond acceptors (Lipinski definition) is 4. The van der Waals surface area contributed by atoms with Gasteiger partial charge in [0.1, 0.15) is 14.1 Å². The topological polar surface area (TPSA) is 74.2 Å². The van der Waals surface area contributed by atoms with Crippen LogP contribution in [0.15, 0.2) is 97.1 Å². The zero-order chi connectivity index (χ0) is 27.9. The van der Waals surface area contributed by atoms with Crippen LogP contribution in [0.1, 0.15) is 0 Å². The van der Waals surface area contributed by atoms with E-state index in [1.54, 1.807) is 0 Å². The fourth-order valence-corrected chi connectivity index (χ4v) is 4.70. The van der Waals surface area contributed by atoms with Crippen molar-refractivity contribution in [3.05, 3.63) is 97.1 Å². The molecule has 0 spiro atoms. The first kappa shape index (κ1) is 26.3. The normalized spacial score (nSPS) is 12.1. The summed E-state index contributed by atoms with van der Waals surface area (Å²) < 4.78 is 70.3.